The summed E-state index contributed by atoms with van der Waals surface area (Å²) in [6, 6.07) is 22.6. The molecule has 0 aliphatic heterocycles. The molecule has 1 aliphatic carbocycles. The van der Waals surface area contributed by atoms with Crippen LogP contribution >= 0.6 is 0 Å². The lowest BCUT2D eigenvalue weighted by molar-refractivity contribution is -0.0540. The molecule has 7 nitrogen and oxygen atoms in total. The highest BCUT2D eigenvalue weighted by molar-refractivity contribution is 7.87. The molecule has 0 saturated heterocycles. The maximum Gasteiger partial charge on any atom is 0.534 e. The Labute approximate surface area is 276 Å². The number of alkyl halides is 3. The van der Waals surface area contributed by atoms with Gasteiger partial charge in [-0.05, 0) is 58.8 Å². The largest absolute Gasteiger partial charge is 0.534 e. The van der Waals surface area contributed by atoms with Crippen molar-refractivity contribution < 1.29 is 44.5 Å². The summed E-state index contributed by atoms with van der Waals surface area (Å²) in [6.07, 6.45) is 2.29. The third-order valence-electron chi connectivity index (χ3n) is 9.10. The van der Waals surface area contributed by atoms with E-state index in [1.807, 2.05) is 67.6 Å². The summed E-state index contributed by atoms with van der Waals surface area (Å²) >= 11 is 0. The second-order valence-corrected chi connectivity index (χ2v) is 18.8. The van der Waals surface area contributed by atoms with Crippen LogP contribution in [0.1, 0.15) is 63.4 Å². The third kappa shape index (κ3) is 6.94. The van der Waals surface area contributed by atoms with Gasteiger partial charge in [-0.25, -0.2) is 4.79 Å². The van der Waals surface area contributed by atoms with Crippen LogP contribution in [0.25, 0.3) is 0 Å². The number of benzene rings is 3. The molecule has 0 saturated carbocycles. The Balaban J connectivity index is 2.01. The average molecular weight is 691 g/mol. The standard InChI is InChI=1S/C35H41F3O7SSi/c1-24-15-14-20-31(44-46(40,41)35(36,37)38)34(24,5)23-28-29(42-6)21-25(32(39)43-7)22-30(28)45-47(33(2,3)4,26-16-10-8-11-17-26)27-18-12-9-13-19-27/h8-13,16-22,24H,14-15,23H2,1-7H3/t24-,34+/m0/s1. The number of hydrogen-bond donors (Lipinski definition) is 0. The van der Waals surface area contributed by atoms with E-state index in [1.54, 1.807) is 13.0 Å². The van der Waals surface area contributed by atoms with Gasteiger partial charge in [0.15, 0.2) is 0 Å². The highest BCUT2D eigenvalue weighted by Gasteiger charge is 2.54. The van der Waals surface area contributed by atoms with Gasteiger partial charge in [-0.1, -0.05) is 95.3 Å². The monoisotopic (exact) mass is 690 g/mol. The fourth-order valence-electron chi connectivity index (χ4n) is 6.30. The van der Waals surface area contributed by atoms with Crippen molar-refractivity contribution in [2.45, 2.75) is 64.4 Å². The number of methoxy groups -OCH3 is 2. The zero-order valence-corrected chi connectivity index (χ0v) is 29.4. The molecule has 3 aromatic rings. The molecule has 254 valence electrons. The summed E-state index contributed by atoms with van der Waals surface area (Å²) in [5, 5.41) is 1.41. The summed E-state index contributed by atoms with van der Waals surface area (Å²) in [6.45, 7) is 9.77. The van der Waals surface area contributed by atoms with Gasteiger partial charge in [0, 0.05) is 11.0 Å². The van der Waals surface area contributed by atoms with Gasteiger partial charge in [-0.3, -0.25) is 0 Å². The molecule has 0 N–H and O–H groups in total. The Morgan fingerprint density at radius 2 is 1.47 bits per heavy atom. The molecule has 2 atom stereocenters. The number of ether oxygens (including phenoxy) is 2. The van der Waals surface area contributed by atoms with Gasteiger partial charge >= 0.3 is 29.9 Å². The van der Waals surface area contributed by atoms with Crippen LogP contribution in [0.4, 0.5) is 13.2 Å². The SMILES string of the molecule is COC(=O)c1cc(OC)c(C[C@@]2(C)C(OS(=O)(=O)C(F)(F)F)=CCC[C@@H]2C)c(O[Si](c2ccccc2)(c2ccccc2)C(C)(C)C)c1. The van der Waals surface area contributed by atoms with Crippen LogP contribution in [0.3, 0.4) is 0 Å². The van der Waals surface area contributed by atoms with E-state index in [1.165, 1.54) is 26.4 Å². The summed E-state index contributed by atoms with van der Waals surface area (Å²) in [4.78, 5) is 12.9. The van der Waals surface area contributed by atoms with E-state index in [4.69, 9.17) is 18.1 Å². The van der Waals surface area contributed by atoms with Crippen molar-refractivity contribution in [3.05, 3.63) is 95.8 Å². The summed E-state index contributed by atoms with van der Waals surface area (Å²) in [5.74, 6) is -0.741. The van der Waals surface area contributed by atoms with E-state index in [-0.39, 0.29) is 35.2 Å². The van der Waals surface area contributed by atoms with Crippen LogP contribution in [-0.2, 0) is 25.5 Å². The van der Waals surface area contributed by atoms with E-state index in [0.29, 0.717) is 18.4 Å². The Morgan fingerprint density at radius 1 is 0.936 bits per heavy atom. The van der Waals surface area contributed by atoms with Crippen molar-refractivity contribution in [2.24, 2.45) is 11.3 Å². The minimum Gasteiger partial charge on any atom is -0.534 e. The molecule has 1 aliphatic rings. The van der Waals surface area contributed by atoms with Crippen LogP contribution in [0.15, 0.2) is 84.6 Å². The average Bonchev–Trinajstić information content (AvgIpc) is 3.02. The molecule has 0 radical (unpaired) electrons. The van der Waals surface area contributed by atoms with Crippen molar-refractivity contribution in [3.8, 4) is 11.5 Å². The second-order valence-electron chi connectivity index (χ2n) is 13.0. The number of carbonyl (C=O) groups excluding carboxylic acids is 1. The first-order chi connectivity index (χ1) is 21.9. The maximum atomic E-state index is 13.5. The Bertz CT molecular complexity index is 1680. The fraction of sp³-hybridized carbons (Fsp3) is 0.400. The van der Waals surface area contributed by atoms with Crippen LogP contribution in [-0.4, -0.2) is 42.4 Å². The minimum atomic E-state index is -5.94. The number of allylic oxidation sites excluding steroid dienone is 2. The molecule has 0 heterocycles. The first kappa shape index (κ1) is 36.1. The maximum absolute atomic E-state index is 13.5. The van der Waals surface area contributed by atoms with Crippen LogP contribution < -0.4 is 19.5 Å². The lowest BCUT2D eigenvalue weighted by Gasteiger charge is -2.44. The predicted octanol–water partition coefficient (Wildman–Crippen LogP) is 7.15. The van der Waals surface area contributed by atoms with Crippen LogP contribution in [0, 0.1) is 11.3 Å². The first-order valence-electron chi connectivity index (χ1n) is 15.2. The molecular formula is C35H41F3O7SSi. The van der Waals surface area contributed by atoms with Crippen molar-refractivity contribution in [1.29, 1.82) is 0 Å². The zero-order valence-electron chi connectivity index (χ0n) is 27.6. The van der Waals surface area contributed by atoms with Crippen molar-refractivity contribution in [2.75, 3.05) is 14.2 Å². The lowest BCUT2D eigenvalue weighted by Crippen LogP contribution is -2.69. The van der Waals surface area contributed by atoms with E-state index in [9.17, 15) is 26.4 Å². The van der Waals surface area contributed by atoms with E-state index < -0.39 is 40.4 Å². The van der Waals surface area contributed by atoms with Crippen molar-refractivity contribution in [3.63, 3.8) is 0 Å². The molecule has 0 spiro atoms. The summed E-state index contributed by atoms with van der Waals surface area (Å²) in [7, 11) is -6.57. The highest BCUT2D eigenvalue weighted by Crippen LogP contribution is 2.50. The van der Waals surface area contributed by atoms with Crippen molar-refractivity contribution in [1.82, 2.24) is 0 Å². The van der Waals surface area contributed by atoms with Crippen LogP contribution in [0.2, 0.25) is 5.04 Å². The lowest BCUT2D eigenvalue weighted by atomic mass is 9.67. The molecule has 47 heavy (non-hydrogen) atoms. The number of esters is 1. The number of rotatable bonds is 10. The van der Waals surface area contributed by atoms with Crippen LogP contribution in [0.5, 0.6) is 11.5 Å². The van der Waals surface area contributed by atoms with Gasteiger partial charge in [0.05, 0.1) is 19.8 Å². The number of carbonyl (C=O) groups is 1. The van der Waals surface area contributed by atoms with E-state index >= 15 is 0 Å². The molecule has 4 rings (SSSR count). The molecule has 3 aromatic carbocycles. The van der Waals surface area contributed by atoms with Gasteiger partial charge in [-0.2, -0.15) is 21.6 Å². The zero-order chi connectivity index (χ0) is 34.8. The number of halogens is 3. The molecule has 0 unspecified atom stereocenters. The minimum absolute atomic E-state index is 0.0223. The quantitative estimate of drug-likeness (QED) is 0.0967. The van der Waals surface area contributed by atoms with Gasteiger partial charge in [0.1, 0.15) is 17.3 Å². The fourth-order valence-corrected chi connectivity index (χ4v) is 11.3. The summed E-state index contributed by atoms with van der Waals surface area (Å²) < 4.78 is 88.0. The molecule has 0 amide bonds. The van der Waals surface area contributed by atoms with Gasteiger partial charge in [-0.15, -0.1) is 0 Å². The Morgan fingerprint density at radius 3 is 1.94 bits per heavy atom. The Hall–Kier alpha value is -3.77. The van der Waals surface area contributed by atoms with Gasteiger partial charge < -0.3 is 18.1 Å². The normalized spacial score (nSPS) is 19.0. The number of hydrogen-bond acceptors (Lipinski definition) is 7. The summed E-state index contributed by atoms with van der Waals surface area (Å²) in [5.41, 5.74) is -6.25. The predicted molar refractivity (Wildman–Crippen MR) is 177 cm³/mol. The van der Waals surface area contributed by atoms with Crippen molar-refractivity contribution >= 4 is 34.8 Å². The van der Waals surface area contributed by atoms with E-state index in [0.717, 1.165) is 10.4 Å². The smallest absolute Gasteiger partial charge is 0.534 e. The molecule has 0 aromatic heterocycles. The molecule has 0 bridgehead atoms. The van der Waals surface area contributed by atoms with Gasteiger partial charge in [0.25, 0.3) is 0 Å². The van der Waals surface area contributed by atoms with E-state index in [2.05, 4.69) is 20.8 Å². The Kier molecular flexibility index (Phi) is 10.3. The topological polar surface area (TPSA) is 88.1 Å². The molecular weight excluding hydrogens is 650 g/mol. The highest BCUT2D eigenvalue weighted by atomic mass is 32.2. The molecule has 0 fully saturated rings. The van der Waals surface area contributed by atoms with Gasteiger partial charge in [0.2, 0.25) is 0 Å². The first-order valence-corrected chi connectivity index (χ1v) is 18.5. The third-order valence-corrected chi connectivity index (χ3v) is 15.0. The second kappa shape index (κ2) is 13.4. The molecule has 12 heteroatoms.